The summed E-state index contributed by atoms with van der Waals surface area (Å²) in [6.07, 6.45) is 4.68. The van der Waals surface area contributed by atoms with Crippen LogP contribution in [0.3, 0.4) is 0 Å². The zero-order valence-electron chi connectivity index (χ0n) is 16.3. The molecular weight excluding hydrogens is 388 g/mol. The van der Waals surface area contributed by atoms with Crippen LogP contribution in [-0.2, 0) is 23.2 Å². The summed E-state index contributed by atoms with van der Waals surface area (Å²) in [6.45, 7) is 1.57. The molecule has 0 saturated carbocycles. The third kappa shape index (κ3) is 3.44. The third-order valence-corrected chi connectivity index (χ3v) is 6.27. The molecule has 6 heteroatoms. The Morgan fingerprint density at radius 1 is 1.07 bits per heavy atom. The zero-order valence-corrected chi connectivity index (χ0v) is 17.1. The van der Waals surface area contributed by atoms with Gasteiger partial charge in [0.15, 0.2) is 5.78 Å². The third-order valence-electron chi connectivity index (χ3n) is 6.02. The summed E-state index contributed by atoms with van der Waals surface area (Å²) in [5, 5.41) is 3.35. The van der Waals surface area contributed by atoms with E-state index in [2.05, 4.69) is 5.32 Å². The number of carbonyl (C=O) groups excluding carboxylic acids is 3. The van der Waals surface area contributed by atoms with Crippen LogP contribution in [0.2, 0.25) is 5.02 Å². The van der Waals surface area contributed by atoms with E-state index in [1.165, 1.54) is 17.5 Å². The minimum absolute atomic E-state index is 0.232. The van der Waals surface area contributed by atoms with Crippen molar-refractivity contribution in [3.8, 4) is 0 Å². The van der Waals surface area contributed by atoms with Gasteiger partial charge in [-0.05, 0) is 67.0 Å². The van der Waals surface area contributed by atoms with Crippen molar-refractivity contribution >= 4 is 29.3 Å². The summed E-state index contributed by atoms with van der Waals surface area (Å²) < 4.78 is 0. The van der Waals surface area contributed by atoms with E-state index in [0.29, 0.717) is 22.6 Å². The molecule has 2 aliphatic rings. The number of halogens is 1. The smallest absolute Gasteiger partial charge is 0.319 e. The normalized spacial score (nSPS) is 21.1. The molecule has 0 bridgehead atoms. The summed E-state index contributed by atoms with van der Waals surface area (Å²) in [6, 6.07) is 12.0. The lowest BCUT2D eigenvalue weighted by molar-refractivity contribution is -0.131. The van der Waals surface area contributed by atoms with E-state index in [-0.39, 0.29) is 12.3 Å². The molecule has 29 heavy (non-hydrogen) atoms. The van der Waals surface area contributed by atoms with Crippen LogP contribution in [-0.4, -0.2) is 29.2 Å². The van der Waals surface area contributed by atoms with Gasteiger partial charge in [-0.15, -0.1) is 0 Å². The fourth-order valence-corrected chi connectivity index (χ4v) is 4.41. The molecule has 0 aromatic heterocycles. The number of nitrogens with zero attached hydrogens (tertiary/aromatic N) is 1. The van der Waals surface area contributed by atoms with Crippen LogP contribution >= 0.6 is 11.6 Å². The summed E-state index contributed by atoms with van der Waals surface area (Å²) in [7, 11) is 0. The number of Topliss-reactive ketones (excluding diaryl/α,β-unsaturated/α-hetero) is 1. The van der Waals surface area contributed by atoms with E-state index in [0.717, 1.165) is 24.2 Å². The molecule has 2 aromatic rings. The predicted molar refractivity (Wildman–Crippen MR) is 111 cm³/mol. The molecule has 1 N–H and O–H groups in total. The van der Waals surface area contributed by atoms with Crippen molar-refractivity contribution in [2.75, 3.05) is 6.54 Å². The summed E-state index contributed by atoms with van der Waals surface area (Å²) in [5.41, 5.74) is 2.52. The van der Waals surface area contributed by atoms with Gasteiger partial charge in [0.25, 0.3) is 5.91 Å². The number of amides is 3. The number of carbonyl (C=O) groups is 3. The molecule has 5 nitrogen and oxygen atoms in total. The Labute approximate surface area is 175 Å². The molecule has 4 rings (SSSR count). The SMILES string of the molecule is CCC1(c2ccc(Cl)cc2)NC(=O)N(CC(=O)c2ccc3c(c2)CCCC3)C1=O. The molecule has 0 radical (unpaired) electrons. The molecule has 1 fully saturated rings. The summed E-state index contributed by atoms with van der Waals surface area (Å²) >= 11 is 5.96. The Balaban J connectivity index is 1.57. The first-order valence-corrected chi connectivity index (χ1v) is 10.4. The van der Waals surface area contributed by atoms with E-state index in [1.54, 1.807) is 30.3 Å². The molecule has 150 valence electrons. The lowest BCUT2D eigenvalue weighted by Crippen LogP contribution is -2.43. The Hall–Kier alpha value is -2.66. The summed E-state index contributed by atoms with van der Waals surface area (Å²) in [4.78, 5) is 39.7. The fraction of sp³-hybridized carbons (Fsp3) is 0.348. The van der Waals surface area contributed by atoms with Crippen molar-refractivity contribution in [2.24, 2.45) is 0 Å². The van der Waals surface area contributed by atoms with E-state index < -0.39 is 17.5 Å². The van der Waals surface area contributed by atoms with Gasteiger partial charge in [0, 0.05) is 10.6 Å². The Bertz CT molecular complexity index is 986. The fourth-order valence-electron chi connectivity index (χ4n) is 4.29. The first-order chi connectivity index (χ1) is 13.9. The van der Waals surface area contributed by atoms with Gasteiger partial charge in [-0.3, -0.25) is 14.5 Å². The van der Waals surface area contributed by atoms with Crippen LogP contribution < -0.4 is 5.32 Å². The van der Waals surface area contributed by atoms with Crippen molar-refractivity contribution in [2.45, 2.75) is 44.6 Å². The Kier molecular flexibility index (Phi) is 5.17. The molecule has 2 aromatic carbocycles. The maximum atomic E-state index is 13.2. The average molecular weight is 411 g/mol. The molecule has 1 aliphatic carbocycles. The number of ketones is 1. The molecule has 3 amide bonds. The number of benzene rings is 2. The largest absolute Gasteiger partial charge is 0.325 e. The van der Waals surface area contributed by atoms with Crippen LogP contribution in [0, 0.1) is 0 Å². The van der Waals surface area contributed by atoms with Crippen LogP contribution in [0.5, 0.6) is 0 Å². The molecule has 1 atom stereocenters. The topological polar surface area (TPSA) is 66.5 Å². The zero-order chi connectivity index (χ0) is 20.6. The maximum Gasteiger partial charge on any atom is 0.325 e. The highest BCUT2D eigenvalue weighted by atomic mass is 35.5. The number of hydrogen-bond acceptors (Lipinski definition) is 3. The number of imide groups is 1. The second kappa shape index (κ2) is 7.64. The van der Waals surface area contributed by atoms with Crippen LogP contribution in [0.15, 0.2) is 42.5 Å². The van der Waals surface area contributed by atoms with Gasteiger partial charge in [0.2, 0.25) is 0 Å². The van der Waals surface area contributed by atoms with E-state index in [4.69, 9.17) is 11.6 Å². The lowest BCUT2D eigenvalue weighted by atomic mass is 9.87. The van der Waals surface area contributed by atoms with Gasteiger partial charge >= 0.3 is 6.03 Å². The van der Waals surface area contributed by atoms with E-state index in [1.807, 2.05) is 19.1 Å². The Morgan fingerprint density at radius 2 is 1.76 bits per heavy atom. The van der Waals surface area contributed by atoms with Crippen molar-refractivity contribution < 1.29 is 14.4 Å². The monoisotopic (exact) mass is 410 g/mol. The van der Waals surface area contributed by atoms with Crippen molar-refractivity contribution in [3.05, 3.63) is 69.7 Å². The quantitative estimate of drug-likeness (QED) is 0.591. The maximum absolute atomic E-state index is 13.2. The molecule has 0 spiro atoms. The van der Waals surface area contributed by atoms with Crippen LogP contribution in [0.4, 0.5) is 4.79 Å². The second-order valence-electron chi connectivity index (χ2n) is 7.70. The van der Waals surface area contributed by atoms with Gasteiger partial charge in [-0.2, -0.15) is 0 Å². The van der Waals surface area contributed by atoms with Crippen molar-refractivity contribution in [1.82, 2.24) is 10.2 Å². The van der Waals surface area contributed by atoms with Gasteiger partial charge < -0.3 is 5.32 Å². The standard InChI is InChI=1S/C23H23ClN2O3/c1-2-23(18-9-11-19(24)12-10-18)21(28)26(22(29)25-23)14-20(27)17-8-7-15-5-3-4-6-16(15)13-17/h7-13H,2-6,14H2,1H3,(H,25,29). The van der Waals surface area contributed by atoms with Gasteiger partial charge in [-0.1, -0.05) is 42.8 Å². The Morgan fingerprint density at radius 3 is 2.45 bits per heavy atom. The highest BCUT2D eigenvalue weighted by Crippen LogP contribution is 2.33. The van der Waals surface area contributed by atoms with E-state index >= 15 is 0 Å². The minimum Gasteiger partial charge on any atom is -0.319 e. The van der Waals surface area contributed by atoms with Crippen molar-refractivity contribution in [1.29, 1.82) is 0 Å². The lowest BCUT2D eigenvalue weighted by Gasteiger charge is -2.25. The number of nitrogens with one attached hydrogen (secondary N) is 1. The van der Waals surface area contributed by atoms with Gasteiger partial charge in [-0.25, -0.2) is 4.79 Å². The highest BCUT2D eigenvalue weighted by Gasteiger charge is 2.51. The number of hydrogen-bond donors (Lipinski definition) is 1. The molecule has 1 saturated heterocycles. The highest BCUT2D eigenvalue weighted by molar-refractivity contribution is 6.30. The molecule has 1 unspecified atom stereocenters. The van der Waals surface area contributed by atoms with Crippen LogP contribution in [0.25, 0.3) is 0 Å². The molecule has 1 aliphatic heterocycles. The average Bonchev–Trinajstić information content (AvgIpc) is 2.99. The predicted octanol–water partition coefficient (Wildman–Crippen LogP) is 4.26. The second-order valence-corrected chi connectivity index (χ2v) is 8.14. The number of aryl methyl sites for hydroxylation is 2. The minimum atomic E-state index is -1.17. The van der Waals surface area contributed by atoms with Crippen LogP contribution in [0.1, 0.15) is 53.2 Å². The number of urea groups is 1. The first-order valence-electron chi connectivity index (χ1n) is 10.00. The van der Waals surface area contributed by atoms with Crippen molar-refractivity contribution in [3.63, 3.8) is 0 Å². The van der Waals surface area contributed by atoms with Gasteiger partial charge in [0.1, 0.15) is 5.54 Å². The first kappa shape index (κ1) is 19.6. The number of rotatable bonds is 5. The summed E-state index contributed by atoms with van der Waals surface area (Å²) in [5.74, 6) is -0.636. The number of fused-ring (bicyclic) bond motifs is 1. The molecular formula is C23H23ClN2O3. The van der Waals surface area contributed by atoms with Gasteiger partial charge in [0.05, 0.1) is 6.54 Å². The molecule has 1 heterocycles. The van der Waals surface area contributed by atoms with E-state index in [9.17, 15) is 14.4 Å².